The summed E-state index contributed by atoms with van der Waals surface area (Å²) in [5.74, 6) is -0.186. The highest BCUT2D eigenvalue weighted by atomic mass is 16.5. The van der Waals surface area contributed by atoms with Crippen LogP contribution in [0.25, 0.3) is 0 Å². The normalized spacial score (nSPS) is 21.5. The average molecular weight is 332 g/mol. The average Bonchev–Trinajstić information content (AvgIpc) is 2.52. The van der Waals surface area contributed by atoms with E-state index in [9.17, 15) is 9.59 Å². The fourth-order valence-electron chi connectivity index (χ4n) is 2.76. The molecule has 0 aromatic heterocycles. The van der Waals surface area contributed by atoms with E-state index >= 15 is 0 Å². The molecule has 24 heavy (non-hydrogen) atoms. The Labute approximate surface area is 144 Å². The monoisotopic (exact) mass is 332 g/mol. The Bertz CT molecular complexity index is 607. The zero-order valence-electron chi connectivity index (χ0n) is 15.3. The molecule has 5 heteroatoms. The first-order valence-electron chi connectivity index (χ1n) is 8.45. The lowest BCUT2D eigenvalue weighted by Crippen LogP contribution is -2.52. The maximum atomic E-state index is 12.6. The summed E-state index contributed by atoms with van der Waals surface area (Å²) >= 11 is 0. The molecule has 0 spiro atoms. The zero-order chi connectivity index (χ0) is 17.9. The van der Waals surface area contributed by atoms with E-state index in [1.54, 1.807) is 0 Å². The maximum absolute atomic E-state index is 12.6. The van der Waals surface area contributed by atoms with Gasteiger partial charge in [0.15, 0.2) is 0 Å². The van der Waals surface area contributed by atoms with Crippen molar-refractivity contribution in [2.45, 2.75) is 46.8 Å². The number of morpholine rings is 1. The van der Waals surface area contributed by atoms with E-state index < -0.39 is 5.41 Å². The number of benzene rings is 1. The van der Waals surface area contributed by atoms with Crippen LogP contribution in [-0.2, 0) is 14.3 Å². The molecular formula is C19H28N2O3. The minimum Gasteiger partial charge on any atom is -0.370 e. The van der Waals surface area contributed by atoms with E-state index in [-0.39, 0.29) is 30.5 Å². The lowest BCUT2D eigenvalue weighted by molar-refractivity contribution is -0.145. The van der Waals surface area contributed by atoms with Crippen molar-refractivity contribution in [3.05, 3.63) is 35.4 Å². The van der Waals surface area contributed by atoms with Gasteiger partial charge < -0.3 is 15.0 Å². The molecule has 1 saturated heterocycles. The predicted octanol–water partition coefficient (Wildman–Crippen LogP) is 2.45. The Morgan fingerprint density at radius 3 is 2.58 bits per heavy atom. The zero-order valence-corrected chi connectivity index (χ0v) is 15.3. The number of rotatable bonds is 3. The van der Waals surface area contributed by atoms with Crippen LogP contribution in [0.3, 0.4) is 0 Å². The molecule has 0 bridgehead atoms. The van der Waals surface area contributed by atoms with Crippen molar-refractivity contribution in [1.82, 2.24) is 10.2 Å². The summed E-state index contributed by atoms with van der Waals surface area (Å²) in [6.45, 7) is 10.5. The molecule has 2 amide bonds. The summed E-state index contributed by atoms with van der Waals surface area (Å²) in [6, 6.07) is 8.07. The number of hydrogen-bond donors (Lipinski definition) is 1. The van der Waals surface area contributed by atoms with Gasteiger partial charge in [0.05, 0.1) is 25.7 Å². The van der Waals surface area contributed by atoms with Crippen LogP contribution in [0.2, 0.25) is 0 Å². The second-order valence-corrected chi connectivity index (χ2v) is 7.51. The quantitative estimate of drug-likeness (QED) is 0.925. The standard InChI is InChI=1S/C19H28N2O3/c1-13-8-6-7-9-15(13)16-11-21(14(2)12-24-16)17(22)10-20-18(23)19(3,4)5/h6-9,14,16H,10-12H2,1-5H3,(H,20,23)/t14-,16-/m1/s1. The lowest BCUT2D eigenvalue weighted by atomic mass is 9.96. The van der Waals surface area contributed by atoms with Gasteiger partial charge in [-0.25, -0.2) is 0 Å². The summed E-state index contributed by atoms with van der Waals surface area (Å²) in [6.07, 6.45) is -0.121. The summed E-state index contributed by atoms with van der Waals surface area (Å²) in [5.41, 5.74) is 1.77. The second kappa shape index (κ2) is 7.34. The minimum absolute atomic E-state index is 0.00399. The molecule has 2 rings (SSSR count). The first-order valence-corrected chi connectivity index (χ1v) is 8.45. The van der Waals surface area contributed by atoms with Gasteiger partial charge in [-0.15, -0.1) is 0 Å². The van der Waals surface area contributed by atoms with Crippen molar-refractivity contribution in [2.75, 3.05) is 19.7 Å². The van der Waals surface area contributed by atoms with Gasteiger partial charge in [-0.1, -0.05) is 45.0 Å². The molecule has 1 heterocycles. The van der Waals surface area contributed by atoms with Crippen LogP contribution in [0.4, 0.5) is 0 Å². The molecule has 1 aromatic carbocycles. The Morgan fingerprint density at radius 1 is 1.29 bits per heavy atom. The van der Waals surface area contributed by atoms with Crippen LogP contribution in [0.15, 0.2) is 24.3 Å². The van der Waals surface area contributed by atoms with Gasteiger partial charge in [0.2, 0.25) is 11.8 Å². The predicted molar refractivity (Wildman–Crippen MR) is 93.5 cm³/mol. The molecule has 1 aromatic rings. The Hall–Kier alpha value is -1.88. The molecule has 0 saturated carbocycles. The van der Waals surface area contributed by atoms with Crippen LogP contribution in [0, 0.1) is 12.3 Å². The number of aryl methyl sites for hydroxylation is 1. The van der Waals surface area contributed by atoms with E-state index in [0.29, 0.717) is 13.2 Å². The number of nitrogens with one attached hydrogen (secondary N) is 1. The highest BCUT2D eigenvalue weighted by Gasteiger charge is 2.31. The van der Waals surface area contributed by atoms with Crippen molar-refractivity contribution in [3.8, 4) is 0 Å². The fraction of sp³-hybridized carbons (Fsp3) is 0.579. The summed E-state index contributed by atoms with van der Waals surface area (Å²) in [4.78, 5) is 26.3. The molecule has 2 atom stereocenters. The first kappa shape index (κ1) is 18.5. The van der Waals surface area contributed by atoms with Crippen molar-refractivity contribution in [3.63, 3.8) is 0 Å². The van der Waals surface area contributed by atoms with Crippen LogP contribution in [0.1, 0.15) is 44.9 Å². The Balaban J connectivity index is 2.02. The summed E-state index contributed by atoms with van der Waals surface area (Å²) in [5, 5.41) is 2.74. The Morgan fingerprint density at radius 2 is 1.96 bits per heavy atom. The summed E-state index contributed by atoms with van der Waals surface area (Å²) < 4.78 is 5.94. The van der Waals surface area contributed by atoms with Gasteiger partial charge in [0, 0.05) is 5.41 Å². The van der Waals surface area contributed by atoms with E-state index in [0.717, 1.165) is 11.1 Å². The molecule has 1 aliphatic heterocycles. The fourth-order valence-corrected chi connectivity index (χ4v) is 2.76. The minimum atomic E-state index is -0.499. The van der Waals surface area contributed by atoms with Crippen LogP contribution in [-0.4, -0.2) is 42.5 Å². The third-order valence-electron chi connectivity index (χ3n) is 4.37. The number of nitrogens with zero attached hydrogens (tertiary/aromatic N) is 1. The number of hydrogen-bond acceptors (Lipinski definition) is 3. The van der Waals surface area contributed by atoms with Crippen LogP contribution < -0.4 is 5.32 Å². The molecule has 1 fully saturated rings. The van der Waals surface area contributed by atoms with Crippen molar-refractivity contribution in [2.24, 2.45) is 5.41 Å². The maximum Gasteiger partial charge on any atom is 0.242 e. The third kappa shape index (κ3) is 4.35. The number of carbonyl (C=O) groups is 2. The molecule has 0 unspecified atom stereocenters. The van der Waals surface area contributed by atoms with Crippen LogP contribution >= 0.6 is 0 Å². The van der Waals surface area contributed by atoms with E-state index in [1.807, 2.05) is 63.8 Å². The SMILES string of the molecule is Cc1ccccc1[C@H]1CN(C(=O)CNC(=O)C(C)(C)C)[C@H](C)CO1. The number of ether oxygens (including phenoxy) is 1. The number of amides is 2. The first-order chi connectivity index (χ1) is 11.2. The van der Waals surface area contributed by atoms with Crippen LogP contribution in [0.5, 0.6) is 0 Å². The smallest absolute Gasteiger partial charge is 0.242 e. The molecule has 5 nitrogen and oxygen atoms in total. The molecule has 1 aliphatic rings. The number of carbonyl (C=O) groups excluding carboxylic acids is 2. The second-order valence-electron chi connectivity index (χ2n) is 7.51. The highest BCUT2D eigenvalue weighted by molar-refractivity contribution is 5.87. The summed E-state index contributed by atoms with van der Waals surface area (Å²) in [7, 11) is 0. The van der Waals surface area contributed by atoms with E-state index in [2.05, 4.69) is 5.32 Å². The van der Waals surface area contributed by atoms with Gasteiger partial charge in [0.1, 0.15) is 6.10 Å². The van der Waals surface area contributed by atoms with Gasteiger partial charge in [0.25, 0.3) is 0 Å². The molecule has 0 radical (unpaired) electrons. The highest BCUT2D eigenvalue weighted by Crippen LogP contribution is 2.27. The molecule has 132 valence electrons. The van der Waals surface area contributed by atoms with Gasteiger partial charge >= 0.3 is 0 Å². The molecule has 0 aliphatic carbocycles. The van der Waals surface area contributed by atoms with Gasteiger partial charge in [-0.05, 0) is 25.0 Å². The van der Waals surface area contributed by atoms with Crippen molar-refractivity contribution < 1.29 is 14.3 Å². The van der Waals surface area contributed by atoms with Crippen molar-refractivity contribution in [1.29, 1.82) is 0 Å². The van der Waals surface area contributed by atoms with E-state index in [1.165, 1.54) is 0 Å². The Kier molecular flexibility index (Phi) is 5.65. The van der Waals surface area contributed by atoms with Gasteiger partial charge in [-0.3, -0.25) is 9.59 Å². The largest absolute Gasteiger partial charge is 0.370 e. The third-order valence-corrected chi connectivity index (χ3v) is 4.37. The topological polar surface area (TPSA) is 58.6 Å². The van der Waals surface area contributed by atoms with Crippen molar-refractivity contribution >= 4 is 11.8 Å². The lowest BCUT2D eigenvalue weighted by Gasteiger charge is -2.38. The molecular weight excluding hydrogens is 304 g/mol. The van der Waals surface area contributed by atoms with E-state index in [4.69, 9.17) is 4.74 Å². The van der Waals surface area contributed by atoms with Gasteiger partial charge in [-0.2, -0.15) is 0 Å². The molecule has 1 N–H and O–H groups in total.